The van der Waals surface area contributed by atoms with Crippen LogP contribution in [0.15, 0.2) is 12.5 Å². The number of carbonyl (C=O) groups excluding carboxylic acids is 1. The molecule has 8 heteroatoms. The third kappa shape index (κ3) is 2.72. The third-order valence-corrected chi connectivity index (χ3v) is 2.31. The van der Waals surface area contributed by atoms with Gasteiger partial charge in [0.15, 0.2) is 0 Å². The van der Waals surface area contributed by atoms with Crippen LogP contribution in [0.5, 0.6) is 0 Å². The lowest BCUT2D eigenvalue weighted by Gasteiger charge is -2.05. The highest BCUT2D eigenvalue weighted by Gasteiger charge is 2.17. The predicted molar refractivity (Wildman–Crippen MR) is 61.6 cm³/mol. The van der Waals surface area contributed by atoms with Gasteiger partial charge in [-0.1, -0.05) is 0 Å². The van der Waals surface area contributed by atoms with Gasteiger partial charge < -0.3 is 15.5 Å². The van der Waals surface area contributed by atoms with Gasteiger partial charge in [-0.3, -0.25) is 5.10 Å². The van der Waals surface area contributed by atoms with E-state index in [4.69, 9.17) is 10.5 Å². The molecule has 1 atom stereocenters. The lowest BCUT2D eigenvalue weighted by Crippen LogP contribution is -2.15. The summed E-state index contributed by atoms with van der Waals surface area (Å²) in [6.07, 6.45) is 3.78. The van der Waals surface area contributed by atoms with Crippen molar-refractivity contribution in [2.24, 2.45) is 5.73 Å². The summed E-state index contributed by atoms with van der Waals surface area (Å²) in [5.41, 5.74) is 6.83. The van der Waals surface area contributed by atoms with E-state index < -0.39 is 5.97 Å². The fourth-order valence-corrected chi connectivity index (χ4v) is 1.46. The van der Waals surface area contributed by atoms with Gasteiger partial charge in [-0.2, -0.15) is 0 Å². The smallest absolute Gasteiger partial charge is 0.378 e. The molecule has 0 aliphatic rings. The normalized spacial score (nSPS) is 12.3. The van der Waals surface area contributed by atoms with E-state index in [2.05, 4.69) is 25.1 Å². The fraction of sp³-hybridized carbons (Fsp3) is 0.400. The number of H-pyrrole nitrogens is 2. The van der Waals surface area contributed by atoms with Crippen LogP contribution in [0.2, 0.25) is 0 Å². The molecule has 0 radical (unpaired) electrons. The Kier molecular flexibility index (Phi) is 3.68. The second-order valence-corrected chi connectivity index (χ2v) is 3.65. The third-order valence-electron chi connectivity index (χ3n) is 2.31. The highest BCUT2D eigenvalue weighted by molar-refractivity contribution is 5.84. The zero-order valence-electron chi connectivity index (χ0n) is 9.88. The van der Waals surface area contributed by atoms with Crippen LogP contribution in [0.3, 0.4) is 0 Å². The van der Waals surface area contributed by atoms with E-state index in [0.717, 1.165) is 5.69 Å². The number of nitrogens with two attached hydrogens (primary N) is 1. The number of aromatic nitrogens is 5. The van der Waals surface area contributed by atoms with Gasteiger partial charge in [0.25, 0.3) is 5.82 Å². The van der Waals surface area contributed by atoms with Crippen LogP contribution in [0, 0.1) is 0 Å². The van der Waals surface area contributed by atoms with E-state index >= 15 is 0 Å². The van der Waals surface area contributed by atoms with Gasteiger partial charge in [0.05, 0.1) is 19.0 Å². The van der Waals surface area contributed by atoms with Gasteiger partial charge in [-0.25, -0.2) is 14.8 Å². The minimum Gasteiger partial charge on any atom is -0.460 e. The monoisotopic (exact) mass is 250 g/mol. The summed E-state index contributed by atoms with van der Waals surface area (Å²) in [7, 11) is 0. The molecule has 2 rings (SSSR count). The molecule has 8 nitrogen and oxygen atoms in total. The molecule has 0 unspecified atom stereocenters. The Morgan fingerprint density at radius 1 is 1.61 bits per heavy atom. The average molecular weight is 250 g/mol. The van der Waals surface area contributed by atoms with Gasteiger partial charge >= 0.3 is 5.97 Å². The minimum absolute atomic E-state index is 0.00749. The number of rotatable bonds is 5. The summed E-state index contributed by atoms with van der Waals surface area (Å²) in [6, 6.07) is -0.388. The predicted octanol–water partition coefficient (Wildman–Crippen LogP) is -0.0530. The molecule has 2 aromatic rings. The zero-order valence-corrected chi connectivity index (χ0v) is 9.88. The molecule has 96 valence electrons. The summed E-state index contributed by atoms with van der Waals surface area (Å²) in [6.45, 7) is 2.00. The molecule has 0 amide bonds. The van der Waals surface area contributed by atoms with Crippen LogP contribution in [-0.4, -0.2) is 37.7 Å². The van der Waals surface area contributed by atoms with E-state index in [9.17, 15) is 4.79 Å². The van der Waals surface area contributed by atoms with Crippen molar-refractivity contribution >= 4 is 5.97 Å². The molecule has 0 spiro atoms. The number of imidazole rings is 1. The molecule has 18 heavy (non-hydrogen) atoms. The van der Waals surface area contributed by atoms with Gasteiger partial charge in [0.1, 0.15) is 5.82 Å². The lowest BCUT2D eigenvalue weighted by atomic mass is 10.2. The van der Waals surface area contributed by atoms with E-state index in [1.54, 1.807) is 19.4 Å². The number of aromatic amines is 2. The van der Waals surface area contributed by atoms with Crippen molar-refractivity contribution in [1.82, 2.24) is 25.1 Å². The first-order valence-electron chi connectivity index (χ1n) is 5.53. The second kappa shape index (κ2) is 5.41. The second-order valence-electron chi connectivity index (χ2n) is 3.65. The zero-order chi connectivity index (χ0) is 13.0. The largest absolute Gasteiger partial charge is 0.460 e. The number of hydrogen-bond acceptors (Lipinski definition) is 6. The van der Waals surface area contributed by atoms with Crippen molar-refractivity contribution in [3.63, 3.8) is 0 Å². The van der Waals surface area contributed by atoms with E-state index in [-0.39, 0.29) is 18.5 Å². The van der Waals surface area contributed by atoms with Crippen molar-refractivity contribution in [3.8, 4) is 0 Å². The maximum absolute atomic E-state index is 11.4. The molecular formula is C10H14N6O2. The van der Waals surface area contributed by atoms with E-state index in [1.807, 2.05) is 0 Å². The Bertz CT molecular complexity index is 506. The molecule has 0 aromatic carbocycles. The summed E-state index contributed by atoms with van der Waals surface area (Å²) in [5, 5.41) is 6.40. The number of carbonyl (C=O) groups is 1. The van der Waals surface area contributed by atoms with Gasteiger partial charge in [-0.05, 0) is 6.92 Å². The highest BCUT2D eigenvalue weighted by Crippen LogP contribution is 2.10. The highest BCUT2D eigenvalue weighted by atomic mass is 16.5. The summed E-state index contributed by atoms with van der Waals surface area (Å²) in [4.78, 5) is 22.2. The Labute approximate surface area is 103 Å². The molecule has 0 fully saturated rings. The Morgan fingerprint density at radius 3 is 3.11 bits per heavy atom. The SMILES string of the molecule is CCOC(=O)c1n[nH]c([C@@H](N)Cc2cnc[nH]2)n1. The van der Waals surface area contributed by atoms with Gasteiger partial charge in [0.2, 0.25) is 0 Å². The number of nitrogens with zero attached hydrogens (tertiary/aromatic N) is 3. The number of esters is 1. The lowest BCUT2D eigenvalue weighted by molar-refractivity contribution is 0.0512. The first kappa shape index (κ1) is 12.2. The van der Waals surface area contributed by atoms with Crippen molar-refractivity contribution in [3.05, 3.63) is 29.9 Å². The summed E-state index contributed by atoms with van der Waals surface area (Å²) in [5.74, 6) is -0.131. The fourth-order valence-electron chi connectivity index (χ4n) is 1.46. The van der Waals surface area contributed by atoms with Crippen LogP contribution in [0.4, 0.5) is 0 Å². The van der Waals surface area contributed by atoms with Crippen molar-refractivity contribution in [1.29, 1.82) is 0 Å². The number of nitrogens with one attached hydrogen (secondary N) is 2. The first-order chi connectivity index (χ1) is 8.70. The van der Waals surface area contributed by atoms with Crippen molar-refractivity contribution < 1.29 is 9.53 Å². The molecule has 0 saturated heterocycles. The van der Waals surface area contributed by atoms with Crippen LogP contribution >= 0.6 is 0 Å². The van der Waals surface area contributed by atoms with Crippen LogP contribution in [0.25, 0.3) is 0 Å². The summed E-state index contributed by atoms with van der Waals surface area (Å²) < 4.78 is 4.79. The van der Waals surface area contributed by atoms with Gasteiger partial charge in [-0.15, -0.1) is 5.10 Å². The van der Waals surface area contributed by atoms with Crippen LogP contribution < -0.4 is 5.73 Å². The van der Waals surface area contributed by atoms with Crippen molar-refractivity contribution in [2.45, 2.75) is 19.4 Å². The van der Waals surface area contributed by atoms with E-state index in [1.165, 1.54) is 0 Å². The average Bonchev–Trinajstić information content (AvgIpc) is 2.99. The van der Waals surface area contributed by atoms with Crippen LogP contribution in [-0.2, 0) is 11.2 Å². The topological polar surface area (TPSA) is 123 Å². The van der Waals surface area contributed by atoms with E-state index in [0.29, 0.717) is 12.2 Å². The summed E-state index contributed by atoms with van der Waals surface area (Å²) >= 11 is 0. The Morgan fingerprint density at radius 2 is 2.44 bits per heavy atom. The molecule has 4 N–H and O–H groups in total. The Hall–Kier alpha value is -2.22. The molecule has 2 heterocycles. The molecular weight excluding hydrogens is 236 g/mol. The molecule has 0 aliphatic carbocycles. The number of hydrogen-bond donors (Lipinski definition) is 3. The first-order valence-corrected chi connectivity index (χ1v) is 5.53. The molecule has 0 saturated carbocycles. The van der Waals surface area contributed by atoms with Gasteiger partial charge in [0, 0.05) is 18.3 Å². The Balaban J connectivity index is 2.03. The molecule has 2 aromatic heterocycles. The maximum Gasteiger partial charge on any atom is 0.378 e. The molecule has 0 bridgehead atoms. The standard InChI is InChI=1S/C10H14N6O2/c1-2-18-10(17)9-14-8(15-16-9)7(11)3-6-4-12-5-13-6/h4-5,7H,2-3,11H2,1H3,(H,12,13)(H,14,15,16)/t7-/m0/s1. The maximum atomic E-state index is 11.4. The molecule has 0 aliphatic heterocycles. The van der Waals surface area contributed by atoms with Crippen molar-refractivity contribution in [2.75, 3.05) is 6.61 Å². The van der Waals surface area contributed by atoms with Crippen LogP contribution in [0.1, 0.15) is 35.1 Å². The quantitative estimate of drug-likeness (QED) is 0.639. The number of ether oxygens (including phenoxy) is 1. The minimum atomic E-state index is -0.561.